The average molecular weight is 446 g/mol. The number of ether oxygens (including phenoxy) is 1. The van der Waals surface area contributed by atoms with Crippen molar-refractivity contribution >= 4 is 39.6 Å². The van der Waals surface area contributed by atoms with Gasteiger partial charge in [-0.1, -0.05) is 34.0 Å². The van der Waals surface area contributed by atoms with Crippen LogP contribution < -0.4 is 15.5 Å². The minimum absolute atomic E-state index is 0.0695. The Balaban J connectivity index is 1.84. The number of benzene rings is 2. The molecule has 0 aliphatic carbocycles. The highest BCUT2D eigenvalue weighted by Gasteiger charge is 2.09. The molecule has 0 saturated carbocycles. The molecule has 28 heavy (non-hydrogen) atoms. The fraction of sp³-hybridized carbons (Fsp3) is 0.150. The fourth-order valence-corrected chi connectivity index (χ4v) is 2.48. The standard InChI is InChI=1S/C20H17BrFN3O3/c1-2-11-28-18-8-7-15(21)12-14(18)13-23-25-20(27)10-9-19(26)24-17-6-4-3-5-16(17)22/h1,3-8,12-13H,9-11H2,(H,24,26)(H,25,27). The van der Waals surface area contributed by atoms with Gasteiger partial charge in [0.1, 0.15) is 18.2 Å². The number of carbonyl (C=O) groups excluding carboxylic acids is 2. The van der Waals surface area contributed by atoms with Crippen LogP contribution in [-0.4, -0.2) is 24.6 Å². The van der Waals surface area contributed by atoms with Crippen molar-refractivity contribution in [2.24, 2.45) is 5.10 Å². The van der Waals surface area contributed by atoms with Crippen LogP contribution in [0.2, 0.25) is 0 Å². The molecule has 6 nitrogen and oxygen atoms in total. The number of terminal acetylenes is 1. The van der Waals surface area contributed by atoms with Crippen LogP contribution in [0.5, 0.6) is 5.75 Å². The predicted octanol–water partition coefficient (Wildman–Crippen LogP) is 3.47. The Hall–Kier alpha value is -3.18. The fourth-order valence-electron chi connectivity index (χ4n) is 2.10. The number of hydrogen-bond acceptors (Lipinski definition) is 4. The van der Waals surface area contributed by atoms with Crippen molar-refractivity contribution in [1.82, 2.24) is 5.43 Å². The molecule has 0 bridgehead atoms. The number of hydrazone groups is 1. The van der Waals surface area contributed by atoms with Crippen LogP contribution in [0.4, 0.5) is 10.1 Å². The lowest BCUT2D eigenvalue weighted by atomic mass is 10.2. The maximum atomic E-state index is 13.5. The summed E-state index contributed by atoms with van der Waals surface area (Å²) in [6.07, 6.45) is 6.38. The summed E-state index contributed by atoms with van der Waals surface area (Å²) in [6, 6.07) is 11.1. The summed E-state index contributed by atoms with van der Waals surface area (Å²) < 4.78 is 19.7. The third kappa shape index (κ3) is 6.85. The topological polar surface area (TPSA) is 79.8 Å². The Labute approximate surface area is 170 Å². The number of halogens is 2. The summed E-state index contributed by atoms with van der Waals surface area (Å²) in [6.45, 7) is 0.103. The van der Waals surface area contributed by atoms with E-state index in [1.807, 2.05) is 0 Å². The van der Waals surface area contributed by atoms with E-state index in [2.05, 4.69) is 37.7 Å². The van der Waals surface area contributed by atoms with Gasteiger partial charge < -0.3 is 10.1 Å². The second-order valence-corrected chi connectivity index (χ2v) is 6.41. The van der Waals surface area contributed by atoms with Crippen molar-refractivity contribution in [3.05, 3.63) is 58.3 Å². The molecule has 0 aliphatic heterocycles. The monoisotopic (exact) mass is 445 g/mol. The summed E-state index contributed by atoms with van der Waals surface area (Å²) in [5.74, 6) is 1.42. The number of amides is 2. The third-order valence-corrected chi connectivity index (χ3v) is 3.90. The molecule has 0 radical (unpaired) electrons. The van der Waals surface area contributed by atoms with Gasteiger partial charge >= 0.3 is 0 Å². The maximum absolute atomic E-state index is 13.5. The van der Waals surface area contributed by atoms with E-state index in [9.17, 15) is 14.0 Å². The smallest absolute Gasteiger partial charge is 0.240 e. The number of nitrogens with one attached hydrogen (secondary N) is 2. The minimum Gasteiger partial charge on any atom is -0.480 e. The number of carbonyl (C=O) groups is 2. The molecule has 0 heterocycles. The summed E-state index contributed by atoms with van der Waals surface area (Å²) >= 11 is 3.34. The minimum atomic E-state index is -0.540. The Morgan fingerprint density at radius 3 is 2.71 bits per heavy atom. The molecule has 0 saturated heterocycles. The Bertz CT molecular complexity index is 925. The number of nitrogens with zero attached hydrogens (tertiary/aromatic N) is 1. The molecule has 8 heteroatoms. The highest BCUT2D eigenvalue weighted by molar-refractivity contribution is 9.10. The van der Waals surface area contributed by atoms with Gasteiger partial charge in [-0.25, -0.2) is 9.82 Å². The van der Waals surface area contributed by atoms with E-state index < -0.39 is 17.6 Å². The van der Waals surface area contributed by atoms with Crippen LogP contribution in [0.25, 0.3) is 0 Å². The molecule has 0 aliphatic rings. The van der Waals surface area contributed by atoms with E-state index in [1.165, 1.54) is 24.4 Å². The van der Waals surface area contributed by atoms with Gasteiger partial charge in [0, 0.05) is 22.9 Å². The molecule has 0 atom stereocenters. The summed E-state index contributed by atoms with van der Waals surface area (Å²) in [5.41, 5.74) is 3.01. The molecule has 2 aromatic carbocycles. The number of hydrogen-bond donors (Lipinski definition) is 2. The van der Waals surface area contributed by atoms with Gasteiger partial charge in [0.15, 0.2) is 0 Å². The summed E-state index contributed by atoms with van der Waals surface area (Å²) in [5, 5.41) is 6.27. The van der Waals surface area contributed by atoms with Gasteiger partial charge in [-0.05, 0) is 30.3 Å². The summed E-state index contributed by atoms with van der Waals surface area (Å²) in [7, 11) is 0. The van der Waals surface area contributed by atoms with E-state index in [0.717, 1.165) is 4.47 Å². The molecular formula is C20H17BrFN3O3. The summed E-state index contributed by atoms with van der Waals surface area (Å²) in [4.78, 5) is 23.6. The van der Waals surface area contributed by atoms with Gasteiger partial charge in [0.05, 0.1) is 11.9 Å². The first kappa shape index (κ1) is 21.1. The molecule has 144 valence electrons. The molecule has 2 amide bonds. The highest BCUT2D eigenvalue weighted by Crippen LogP contribution is 2.21. The lowest BCUT2D eigenvalue weighted by molar-refractivity contribution is -0.124. The van der Waals surface area contributed by atoms with Crippen LogP contribution in [0.1, 0.15) is 18.4 Å². The van der Waals surface area contributed by atoms with Crippen molar-refractivity contribution in [3.63, 3.8) is 0 Å². The first-order valence-electron chi connectivity index (χ1n) is 8.21. The van der Waals surface area contributed by atoms with Crippen LogP contribution >= 0.6 is 15.9 Å². The zero-order valence-electron chi connectivity index (χ0n) is 14.7. The van der Waals surface area contributed by atoms with E-state index in [0.29, 0.717) is 11.3 Å². The Morgan fingerprint density at radius 2 is 1.96 bits per heavy atom. The molecule has 0 spiro atoms. The Kier molecular flexibility index (Phi) is 8.18. The molecular weight excluding hydrogens is 429 g/mol. The normalized spacial score (nSPS) is 10.3. The number of anilines is 1. The second kappa shape index (κ2) is 10.8. The number of para-hydroxylation sites is 1. The molecule has 2 aromatic rings. The van der Waals surface area contributed by atoms with E-state index >= 15 is 0 Å². The van der Waals surface area contributed by atoms with E-state index in [1.54, 1.807) is 24.3 Å². The van der Waals surface area contributed by atoms with Crippen LogP contribution in [0, 0.1) is 18.2 Å². The highest BCUT2D eigenvalue weighted by atomic mass is 79.9. The third-order valence-electron chi connectivity index (χ3n) is 3.40. The van der Waals surface area contributed by atoms with Gasteiger partial charge in [-0.3, -0.25) is 9.59 Å². The second-order valence-electron chi connectivity index (χ2n) is 5.50. The van der Waals surface area contributed by atoms with Crippen LogP contribution in [0.15, 0.2) is 52.0 Å². The zero-order valence-corrected chi connectivity index (χ0v) is 16.3. The van der Waals surface area contributed by atoms with Gasteiger partial charge in [0.25, 0.3) is 0 Å². The SMILES string of the molecule is C#CCOc1ccc(Br)cc1C=NNC(=O)CCC(=O)Nc1ccccc1F. The van der Waals surface area contributed by atoms with Crippen molar-refractivity contribution in [2.45, 2.75) is 12.8 Å². The first-order valence-corrected chi connectivity index (χ1v) is 9.01. The van der Waals surface area contributed by atoms with E-state index in [4.69, 9.17) is 11.2 Å². The molecule has 0 fully saturated rings. The molecule has 0 aromatic heterocycles. The van der Waals surface area contributed by atoms with Gasteiger partial charge in [-0.15, -0.1) is 6.42 Å². The molecule has 2 rings (SSSR count). The van der Waals surface area contributed by atoms with Crippen LogP contribution in [0.3, 0.4) is 0 Å². The largest absolute Gasteiger partial charge is 0.480 e. The zero-order chi connectivity index (χ0) is 20.4. The van der Waals surface area contributed by atoms with Gasteiger partial charge in [-0.2, -0.15) is 5.10 Å². The van der Waals surface area contributed by atoms with Crippen LogP contribution in [-0.2, 0) is 9.59 Å². The van der Waals surface area contributed by atoms with Gasteiger partial charge in [0.2, 0.25) is 11.8 Å². The maximum Gasteiger partial charge on any atom is 0.240 e. The van der Waals surface area contributed by atoms with Crippen molar-refractivity contribution in [3.8, 4) is 18.1 Å². The quantitative estimate of drug-likeness (QED) is 0.370. The van der Waals surface area contributed by atoms with E-state index in [-0.39, 0.29) is 25.1 Å². The molecule has 0 unspecified atom stereocenters. The van der Waals surface area contributed by atoms with Crippen molar-refractivity contribution < 1.29 is 18.7 Å². The van der Waals surface area contributed by atoms with Crippen molar-refractivity contribution in [1.29, 1.82) is 0 Å². The number of rotatable bonds is 8. The van der Waals surface area contributed by atoms with Crippen molar-refractivity contribution in [2.75, 3.05) is 11.9 Å². The lowest BCUT2D eigenvalue weighted by Gasteiger charge is -2.07. The lowest BCUT2D eigenvalue weighted by Crippen LogP contribution is -2.21. The average Bonchev–Trinajstić information content (AvgIpc) is 2.67. The Morgan fingerprint density at radius 1 is 1.21 bits per heavy atom. The first-order chi connectivity index (χ1) is 13.5. The molecule has 2 N–H and O–H groups in total. The predicted molar refractivity (Wildman–Crippen MR) is 108 cm³/mol.